The Morgan fingerprint density at radius 2 is 1.55 bits per heavy atom. The molecule has 0 saturated heterocycles. The molecule has 2 aliphatic carbocycles. The average Bonchev–Trinajstić information content (AvgIpc) is 2.49. The molecule has 1 fully saturated rings. The number of carbonyl (C=O) groups is 2. The Balaban J connectivity index is 2.79. The van der Waals surface area contributed by atoms with Gasteiger partial charge in [-0.25, -0.2) is 0 Å². The molecule has 0 heterocycles. The standard InChI is InChI=1S/C10H6Cl6O4/c11-4-5(12)9(14)7(6(19)20,1-3(17)18)2-8(4,13)10(9,15)16/h1-2H2,(H,17,18)(H,19,20)/t7-,8+,9-/m1/s1. The number of carboxylic acids is 2. The van der Waals surface area contributed by atoms with Gasteiger partial charge in [0.15, 0.2) is 4.33 Å². The van der Waals surface area contributed by atoms with Gasteiger partial charge in [-0.05, 0) is 6.42 Å². The van der Waals surface area contributed by atoms with Crippen LogP contribution in [0.3, 0.4) is 0 Å². The quantitative estimate of drug-likeness (QED) is 0.705. The number of hydrogen-bond donors (Lipinski definition) is 2. The number of allylic oxidation sites excluding steroid dienone is 2. The maximum Gasteiger partial charge on any atom is 0.312 e. The predicted molar refractivity (Wildman–Crippen MR) is 77.3 cm³/mol. The number of hydrogen-bond acceptors (Lipinski definition) is 2. The van der Waals surface area contributed by atoms with E-state index < -0.39 is 44.3 Å². The van der Waals surface area contributed by atoms with E-state index in [9.17, 15) is 14.7 Å². The lowest BCUT2D eigenvalue weighted by molar-refractivity contribution is -0.156. The largest absolute Gasteiger partial charge is 0.481 e. The van der Waals surface area contributed by atoms with Gasteiger partial charge in [-0.1, -0.05) is 46.4 Å². The Morgan fingerprint density at radius 3 is 1.85 bits per heavy atom. The molecule has 112 valence electrons. The molecule has 1 saturated carbocycles. The van der Waals surface area contributed by atoms with E-state index in [1.165, 1.54) is 0 Å². The molecule has 0 aromatic rings. The maximum absolute atomic E-state index is 11.7. The van der Waals surface area contributed by atoms with Gasteiger partial charge >= 0.3 is 11.9 Å². The number of aliphatic carboxylic acids is 2. The lowest BCUT2D eigenvalue weighted by Crippen LogP contribution is -2.53. The lowest BCUT2D eigenvalue weighted by Gasteiger charge is -2.40. The fourth-order valence-electron chi connectivity index (χ4n) is 2.85. The number of alkyl halides is 4. The van der Waals surface area contributed by atoms with Gasteiger partial charge in [0, 0.05) is 0 Å². The third kappa shape index (κ3) is 1.53. The third-order valence-electron chi connectivity index (χ3n) is 3.84. The second-order valence-corrected chi connectivity index (χ2v) is 8.09. The van der Waals surface area contributed by atoms with Crippen molar-refractivity contribution in [2.24, 2.45) is 5.41 Å². The first-order valence-electron chi connectivity index (χ1n) is 5.15. The van der Waals surface area contributed by atoms with Crippen LogP contribution in [0.1, 0.15) is 12.8 Å². The Hall–Kier alpha value is 0.420. The highest BCUT2D eigenvalue weighted by atomic mass is 35.5. The van der Waals surface area contributed by atoms with Crippen LogP contribution >= 0.6 is 69.6 Å². The topological polar surface area (TPSA) is 74.6 Å². The molecule has 2 aliphatic rings. The first-order chi connectivity index (χ1) is 8.88. The summed E-state index contributed by atoms with van der Waals surface area (Å²) in [5.41, 5.74) is -2.07. The van der Waals surface area contributed by atoms with E-state index in [1.54, 1.807) is 0 Å². The van der Waals surface area contributed by atoms with E-state index in [1.807, 2.05) is 0 Å². The van der Waals surface area contributed by atoms with Crippen molar-refractivity contribution in [1.29, 1.82) is 0 Å². The third-order valence-corrected chi connectivity index (χ3v) is 8.15. The minimum Gasteiger partial charge on any atom is -0.481 e. The summed E-state index contributed by atoms with van der Waals surface area (Å²) in [5.74, 6) is -2.91. The Bertz CT molecular complexity index is 560. The van der Waals surface area contributed by atoms with Crippen LogP contribution in [-0.4, -0.2) is 36.2 Å². The van der Waals surface area contributed by atoms with E-state index in [0.29, 0.717) is 0 Å². The molecule has 3 atom stereocenters. The summed E-state index contributed by atoms with van der Waals surface area (Å²) in [4.78, 5) is 18.8. The molecule has 0 spiro atoms. The zero-order valence-corrected chi connectivity index (χ0v) is 13.9. The molecular weight excluding hydrogens is 397 g/mol. The molecule has 0 aromatic heterocycles. The van der Waals surface area contributed by atoms with Crippen molar-refractivity contribution in [2.75, 3.05) is 0 Å². The van der Waals surface area contributed by atoms with Gasteiger partial charge in [-0.3, -0.25) is 9.59 Å². The van der Waals surface area contributed by atoms with E-state index in [4.69, 9.17) is 74.7 Å². The van der Waals surface area contributed by atoms with Crippen LogP contribution in [-0.2, 0) is 9.59 Å². The number of fused-ring (bicyclic) bond motifs is 2. The van der Waals surface area contributed by atoms with Crippen molar-refractivity contribution in [3.8, 4) is 0 Å². The van der Waals surface area contributed by atoms with Gasteiger partial charge in [0.05, 0.1) is 16.5 Å². The van der Waals surface area contributed by atoms with Crippen LogP contribution in [0.2, 0.25) is 0 Å². The summed E-state index contributed by atoms with van der Waals surface area (Å²) in [5, 5.41) is 18.0. The van der Waals surface area contributed by atoms with Crippen molar-refractivity contribution in [3.63, 3.8) is 0 Å². The SMILES string of the molecule is O=C(O)C[C@]1(C(=O)O)C[C@]2(Cl)C(Cl)=C(Cl)[C@]1(Cl)C2(Cl)Cl. The highest BCUT2D eigenvalue weighted by molar-refractivity contribution is 6.66. The number of halogens is 6. The lowest BCUT2D eigenvalue weighted by atomic mass is 9.72. The van der Waals surface area contributed by atoms with E-state index in [2.05, 4.69) is 0 Å². The fourth-order valence-corrected chi connectivity index (χ4v) is 5.83. The van der Waals surface area contributed by atoms with Crippen LogP contribution in [0.4, 0.5) is 0 Å². The summed E-state index contributed by atoms with van der Waals surface area (Å²) in [7, 11) is 0. The van der Waals surface area contributed by atoms with E-state index in [-0.39, 0.29) is 10.1 Å². The molecule has 4 nitrogen and oxygen atoms in total. The van der Waals surface area contributed by atoms with Crippen LogP contribution in [0.5, 0.6) is 0 Å². The van der Waals surface area contributed by atoms with Crippen molar-refractivity contribution in [3.05, 3.63) is 10.1 Å². The minimum absolute atomic E-state index is 0.164. The van der Waals surface area contributed by atoms with E-state index in [0.717, 1.165) is 0 Å². The zero-order chi connectivity index (χ0) is 15.7. The zero-order valence-electron chi connectivity index (χ0n) is 9.39. The van der Waals surface area contributed by atoms with Gasteiger partial charge in [0.1, 0.15) is 15.2 Å². The Labute approximate surface area is 143 Å². The second-order valence-electron chi connectivity index (χ2n) is 4.80. The summed E-state index contributed by atoms with van der Waals surface area (Å²) in [6, 6.07) is 0. The van der Waals surface area contributed by atoms with Gasteiger partial charge in [-0.2, -0.15) is 0 Å². The molecule has 2 N–H and O–H groups in total. The molecule has 20 heavy (non-hydrogen) atoms. The molecular formula is C10H6Cl6O4. The molecule has 2 bridgehead atoms. The molecule has 0 aromatic carbocycles. The summed E-state index contributed by atoms with van der Waals surface area (Å²) >= 11 is 36.8. The summed E-state index contributed by atoms with van der Waals surface area (Å²) in [6.45, 7) is 0. The van der Waals surface area contributed by atoms with Crippen molar-refractivity contribution < 1.29 is 19.8 Å². The molecule has 0 amide bonds. The normalized spacial score (nSPS) is 42.1. The van der Waals surface area contributed by atoms with Gasteiger partial charge in [-0.15, -0.1) is 23.2 Å². The fraction of sp³-hybridized carbons (Fsp3) is 0.600. The smallest absolute Gasteiger partial charge is 0.312 e. The summed E-state index contributed by atoms with van der Waals surface area (Å²) in [6.07, 6.45) is -1.30. The van der Waals surface area contributed by atoms with Gasteiger partial charge in [0.2, 0.25) is 0 Å². The van der Waals surface area contributed by atoms with Crippen molar-refractivity contribution >= 4 is 81.5 Å². The first kappa shape index (κ1) is 16.8. The Morgan fingerprint density at radius 1 is 1.05 bits per heavy atom. The van der Waals surface area contributed by atoms with Crippen LogP contribution in [0.25, 0.3) is 0 Å². The van der Waals surface area contributed by atoms with Crippen LogP contribution in [0.15, 0.2) is 10.1 Å². The molecule has 0 aliphatic heterocycles. The Kier molecular flexibility index (Phi) is 3.75. The highest BCUT2D eigenvalue weighted by Gasteiger charge is 2.85. The molecule has 10 heteroatoms. The molecule has 0 radical (unpaired) electrons. The van der Waals surface area contributed by atoms with Crippen molar-refractivity contribution in [1.82, 2.24) is 0 Å². The van der Waals surface area contributed by atoms with Crippen LogP contribution in [0, 0.1) is 5.41 Å². The summed E-state index contributed by atoms with van der Waals surface area (Å²) < 4.78 is -2.06. The molecule has 2 rings (SSSR count). The highest BCUT2D eigenvalue weighted by Crippen LogP contribution is 2.78. The average molecular weight is 403 g/mol. The second kappa shape index (κ2) is 4.46. The predicted octanol–water partition coefficient (Wildman–Crippen LogP) is 3.77. The van der Waals surface area contributed by atoms with Crippen LogP contribution < -0.4 is 0 Å². The minimum atomic E-state index is -2.13. The monoisotopic (exact) mass is 400 g/mol. The first-order valence-corrected chi connectivity index (χ1v) is 7.42. The number of carboxylic acid groups (broad SMARTS) is 2. The van der Waals surface area contributed by atoms with Gasteiger partial charge < -0.3 is 10.2 Å². The maximum atomic E-state index is 11.7. The van der Waals surface area contributed by atoms with Gasteiger partial charge in [0.25, 0.3) is 0 Å². The molecule has 0 unspecified atom stereocenters. The van der Waals surface area contributed by atoms with Crippen molar-refractivity contribution in [2.45, 2.75) is 26.9 Å². The van der Waals surface area contributed by atoms with E-state index >= 15 is 0 Å². The number of rotatable bonds is 3.